The van der Waals surface area contributed by atoms with Gasteiger partial charge in [0.15, 0.2) is 0 Å². The molecule has 3 heteroatoms. The van der Waals surface area contributed by atoms with Crippen molar-refractivity contribution in [3.8, 4) is 6.07 Å². The van der Waals surface area contributed by atoms with Crippen LogP contribution in [0.25, 0.3) is 0 Å². The Bertz CT molecular complexity index is 408. The van der Waals surface area contributed by atoms with Crippen LogP contribution < -0.4 is 0 Å². The first-order chi connectivity index (χ1) is 8.69. The quantitative estimate of drug-likeness (QED) is 0.814. The van der Waals surface area contributed by atoms with E-state index in [1.54, 1.807) is 0 Å². The lowest BCUT2D eigenvalue weighted by molar-refractivity contribution is 0.104. The predicted molar refractivity (Wildman–Crippen MR) is 73.1 cm³/mol. The maximum Gasteiger partial charge on any atom is 0.0991 e. The van der Waals surface area contributed by atoms with E-state index in [0.29, 0.717) is 6.04 Å². The van der Waals surface area contributed by atoms with Crippen molar-refractivity contribution in [2.45, 2.75) is 26.4 Å². The Labute approximate surface area is 110 Å². The summed E-state index contributed by atoms with van der Waals surface area (Å²) in [7, 11) is 0. The van der Waals surface area contributed by atoms with Gasteiger partial charge in [-0.15, -0.1) is 0 Å². The average Bonchev–Trinajstić information content (AvgIpc) is 2.40. The van der Waals surface area contributed by atoms with E-state index in [0.717, 1.165) is 38.3 Å². The molecule has 3 nitrogen and oxygen atoms in total. The van der Waals surface area contributed by atoms with E-state index in [1.807, 2.05) is 12.1 Å². The number of rotatable bonds is 3. The number of piperazine rings is 1. The van der Waals surface area contributed by atoms with Crippen LogP contribution in [0.5, 0.6) is 0 Å². The Hall–Kier alpha value is -1.37. The van der Waals surface area contributed by atoms with E-state index in [2.05, 4.69) is 41.8 Å². The Balaban J connectivity index is 1.86. The minimum Gasteiger partial charge on any atom is -0.298 e. The molecule has 0 bridgehead atoms. The van der Waals surface area contributed by atoms with Crippen LogP contribution in [0, 0.1) is 11.3 Å². The lowest BCUT2D eigenvalue weighted by Gasteiger charge is -2.36. The fraction of sp³-hybridized carbons (Fsp3) is 0.533. The van der Waals surface area contributed by atoms with Crippen molar-refractivity contribution in [2.75, 3.05) is 26.2 Å². The zero-order valence-electron chi connectivity index (χ0n) is 11.3. The van der Waals surface area contributed by atoms with Crippen LogP contribution in [0.1, 0.15) is 25.0 Å². The third kappa shape index (κ3) is 3.32. The van der Waals surface area contributed by atoms with Crippen molar-refractivity contribution >= 4 is 0 Å². The molecule has 0 radical (unpaired) electrons. The van der Waals surface area contributed by atoms with Crippen molar-refractivity contribution in [2.24, 2.45) is 0 Å². The van der Waals surface area contributed by atoms with Gasteiger partial charge in [0.1, 0.15) is 0 Å². The number of nitriles is 1. The van der Waals surface area contributed by atoms with Crippen molar-refractivity contribution in [1.29, 1.82) is 5.26 Å². The van der Waals surface area contributed by atoms with E-state index < -0.39 is 0 Å². The second-order valence-corrected chi connectivity index (χ2v) is 5.21. The fourth-order valence-corrected chi connectivity index (χ4v) is 2.38. The highest BCUT2D eigenvalue weighted by molar-refractivity contribution is 5.31. The molecular formula is C15H21N3. The summed E-state index contributed by atoms with van der Waals surface area (Å²) in [6.45, 7) is 10.1. The maximum atomic E-state index is 8.77. The number of nitrogens with zero attached hydrogens (tertiary/aromatic N) is 3. The minimum atomic E-state index is 0.655. The first kappa shape index (κ1) is 13.1. The molecule has 0 unspecified atom stereocenters. The van der Waals surface area contributed by atoms with Gasteiger partial charge in [-0.05, 0) is 31.5 Å². The normalized spacial score (nSPS) is 17.9. The van der Waals surface area contributed by atoms with Gasteiger partial charge >= 0.3 is 0 Å². The predicted octanol–water partition coefficient (Wildman–Crippen LogP) is 2.08. The molecule has 0 aromatic heterocycles. The first-order valence-corrected chi connectivity index (χ1v) is 6.64. The third-order valence-corrected chi connectivity index (χ3v) is 3.63. The molecule has 0 aliphatic carbocycles. The summed E-state index contributed by atoms with van der Waals surface area (Å²) < 4.78 is 0. The van der Waals surface area contributed by atoms with Crippen molar-refractivity contribution in [3.63, 3.8) is 0 Å². The molecule has 2 rings (SSSR count). The Morgan fingerprint density at radius 1 is 1.11 bits per heavy atom. The number of benzene rings is 1. The van der Waals surface area contributed by atoms with Crippen molar-refractivity contribution in [1.82, 2.24) is 9.80 Å². The van der Waals surface area contributed by atoms with Gasteiger partial charge < -0.3 is 0 Å². The van der Waals surface area contributed by atoms with Gasteiger partial charge in [-0.25, -0.2) is 0 Å². The molecule has 96 valence electrons. The summed E-state index contributed by atoms with van der Waals surface area (Å²) in [6.07, 6.45) is 0. The third-order valence-electron chi connectivity index (χ3n) is 3.63. The summed E-state index contributed by atoms with van der Waals surface area (Å²) in [5.74, 6) is 0. The molecule has 1 aromatic carbocycles. The van der Waals surface area contributed by atoms with Gasteiger partial charge in [-0.1, -0.05) is 12.1 Å². The van der Waals surface area contributed by atoms with Gasteiger partial charge in [0.2, 0.25) is 0 Å². The zero-order valence-corrected chi connectivity index (χ0v) is 11.3. The van der Waals surface area contributed by atoms with E-state index in [9.17, 15) is 0 Å². The molecule has 1 aliphatic rings. The van der Waals surface area contributed by atoms with Crippen LogP contribution in [0.4, 0.5) is 0 Å². The zero-order chi connectivity index (χ0) is 13.0. The molecule has 0 atom stereocenters. The monoisotopic (exact) mass is 243 g/mol. The molecule has 18 heavy (non-hydrogen) atoms. The first-order valence-electron chi connectivity index (χ1n) is 6.64. The van der Waals surface area contributed by atoms with E-state index in [1.165, 1.54) is 5.56 Å². The second kappa shape index (κ2) is 5.99. The van der Waals surface area contributed by atoms with E-state index in [-0.39, 0.29) is 0 Å². The highest BCUT2D eigenvalue weighted by Crippen LogP contribution is 2.11. The summed E-state index contributed by atoms with van der Waals surface area (Å²) in [5.41, 5.74) is 2.04. The molecule has 1 heterocycles. The maximum absolute atomic E-state index is 8.77. The van der Waals surface area contributed by atoms with Crippen LogP contribution in [0.2, 0.25) is 0 Å². The van der Waals surface area contributed by atoms with Crippen LogP contribution in [0.15, 0.2) is 24.3 Å². The van der Waals surface area contributed by atoms with Crippen molar-refractivity contribution < 1.29 is 0 Å². The van der Waals surface area contributed by atoms with Gasteiger partial charge in [-0.3, -0.25) is 9.80 Å². The van der Waals surface area contributed by atoms with E-state index >= 15 is 0 Å². The topological polar surface area (TPSA) is 30.3 Å². The van der Waals surface area contributed by atoms with Gasteiger partial charge in [0.25, 0.3) is 0 Å². The lowest BCUT2D eigenvalue weighted by Crippen LogP contribution is -2.48. The highest BCUT2D eigenvalue weighted by Gasteiger charge is 2.18. The van der Waals surface area contributed by atoms with Gasteiger partial charge in [0, 0.05) is 38.8 Å². The Kier molecular flexibility index (Phi) is 4.35. The van der Waals surface area contributed by atoms with E-state index in [4.69, 9.17) is 5.26 Å². The Morgan fingerprint density at radius 2 is 1.72 bits per heavy atom. The largest absolute Gasteiger partial charge is 0.298 e. The van der Waals surface area contributed by atoms with Gasteiger partial charge in [0.05, 0.1) is 11.6 Å². The SMILES string of the molecule is CC(C)N1CCN(Cc2ccc(C#N)cc2)CC1. The Morgan fingerprint density at radius 3 is 2.22 bits per heavy atom. The molecule has 0 amide bonds. The average molecular weight is 243 g/mol. The van der Waals surface area contributed by atoms with Crippen LogP contribution in [-0.4, -0.2) is 42.0 Å². The van der Waals surface area contributed by atoms with Gasteiger partial charge in [-0.2, -0.15) is 5.26 Å². The highest BCUT2D eigenvalue weighted by atomic mass is 15.3. The molecule has 1 fully saturated rings. The summed E-state index contributed by atoms with van der Waals surface area (Å²) >= 11 is 0. The van der Waals surface area contributed by atoms with Crippen LogP contribution >= 0.6 is 0 Å². The molecule has 0 N–H and O–H groups in total. The van der Waals surface area contributed by atoms with Crippen LogP contribution in [0.3, 0.4) is 0 Å². The summed E-state index contributed by atoms with van der Waals surface area (Å²) in [5, 5.41) is 8.77. The molecule has 1 aromatic rings. The van der Waals surface area contributed by atoms with Crippen molar-refractivity contribution in [3.05, 3.63) is 35.4 Å². The molecule has 0 spiro atoms. The molecule has 1 saturated heterocycles. The number of hydrogen-bond donors (Lipinski definition) is 0. The molecule has 0 saturated carbocycles. The molecular weight excluding hydrogens is 222 g/mol. The standard InChI is InChI=1S/C15H21N3/c1-13(2)18-9-7-17(8-10-18)12-15-5-3-14(11-16)4-6-15/h3-6,13H,7-10,12H2,1-2H3. The number of hydrogen-bond acceptors (Lipinski definition) is 3. The minimum absolute atomic E-state index is 0.655. The lowest BCUT2D eigenvalue weighted by atomic mass is 10.1. The van der Waals surface area contributed by atoms with Crippen LogP contribution in [-0.2, 0) is 6.54 Å². The summed E-state index contributed by atoms with van der Waals surface area (Å²) in [6, 6.07) is 10.7. The second-order valence-electron chi connectivity index (χ2n) is 5.21. The summed E-state index contributed by atoms with van der Waals surface area (Å²) in [4.78, 5) is 5.01. The molecule has 1 aliphatic heterocycles. The smallest absolute Gasteiger partial charge is 0.0991 e. The fourth-order valence-electron chi connectivity index (χ4n) is 2.38.